The minimum atomic E-state index is -0.441. The average molecular weight is 182 g/mol. The Kier molecular flexibility index (Phi) is 1.99. The van der Waals surface area contributed by atoms with Gasteiger partial charge in [0.25, 0.3) is 0 Å². The molecule has 1 aliphatic rings. The first kappa shape index (κ1) is 8.21. The monoisotopic (exact) mass is 182 g/mol. The van der Waals surface area contributed by atoms with Crippen LogP contribution >= 0.6 is 0 Å². The molecule has 1 saturated heterocycles. The van der Waals surface area contributed by atoms with E-state index in [1.165, 1.54) is 23.6 Å². The van der Waals surface area contributed by atoms with E-state index in [1.807, 2.05) is 0 Å². The van der Waals surface area contributed by atoms with Crippen molar-refractivity contribution in [2.24, 2.45) is 0 Å². The molecule has 0 bridgehead atoms. The fourth-order valence-corrected chi connectivity index (χ4v) is 1.06. The molecule has 6 heteroatoms. The molecule has 2 rings (SSSR count). The Labute approximate surface area is 73.9 Å². The molecule has 1 aromatic rings. The number of rotatable bonds is 1. The SMILES string of the molecule is Nc1ccn(C2CO[CH]O2)c(=O)n1. The van der Waals surface area contributed by atoms with Crippen LogP contribution in [0, 0.1) is 6.79 Å². The predicted molar refractivity (Wildman–Crippen MR) is 43.3 cm³/mol. The summed E-state index contributed by atoms with van der Waals surface area (Å²) in [5.41, 5.74) is 4.88. The molecule has 1 fully saturated rings. The Hall–Kier alpha value is -1.40. The molecule has 13 heavy (non-hydrogen) atoms. The van der Waals surface area contributed by atoms with Gasteiger partial charge in [0, 0.05) is 6.20 Å². The van der Waals surface area contributed by atoms with Gasteiger partial charge in [0.15, 0.2) is 6.23 Å². The highest BCUT2D eigenvalue weighted by molar-refractivity contribution is 5.23. The summed E-state index contributed by atoms with van der Waals surface area (Å²) < 4.78 is 11.1. The van der Waals surface area contributed by atoms with Crippen molar-refractivity contribution in [3.63, 3.8) is 0 Å². The molecule has 1 unspecified atom stereocenters. The second-order valence-electron chi connectivity index (χ2n) is 2.56. The summed E-state index contributed by atoms with van der Waals surface area (Å²) >= 11 is 0. The lowest BCUT2D eigenvalue weighted by molar-refractivity contribution is 0.0854. The molecule has 1 radical (unpaired) electrons. The second kappa shape index (κ2) is 3.15. The van der Waals surface area contributed by atoms with Crippen molar-refractivity contribution in [3.05, 3.63) is 29.5 Å². The van der Waals surface area contributed by atoms with Crippen LogP contribution in [0.1, 0.15) is 6.23 Å². The van der Waals surface area contributed by atoms with Crippen molar-refractivity contribution >= 4 is 5.82 Å². The van der Waals surface area contributed by atoms with Crippen LogP contribution in [0.25, 0.3) is 0 Å². The fourth-order valence-electron chi connectivity index (χ4n) is 1.06. The van der Waals surface area contributed by atoms with E-state index >= 15 is 0 Å². The Morgan fingerprint density at radius 1 is 1.69 bits per heavy atom. The Bertz CT molecular complexity index is 356. The second-order valence-corrected chi connectivity index (χ2v) is 2.56. The number of aromatic nitrogens is 2. The van der Waals surface area contributed by atoms with Crippen LogP contribution in [0.5, 0.6) is 0 Å². The summed E-state index contributed by atoms with van der Waals surface area (Å²) in [5.74, 6) is 0.198. The van der Waals surface area contributed by atoms with E-state index in [0.717, 1.165) is 0 Å². The van der Waals surface area contributed by atoms with Gasteiger partial charge in [0.1, 0.15) is 5.82 Å². The molecule has 0 amide bonds. The number of ether oxygens (including phenoxy) is 2. The van der Waals surface area contributed by atoms with Crippen molar-refractivity contribution in [3.8, 4) is 0 Å². The smallest absolute Gasteiger partial charge is 0.351 e. The molecule has 1 aliphatic heterocycles. The van der Waals surface area contributed by atoms with Gasteiger partial charge >= 0.3 is 5.69 Å². The van der Waals surface area contributed by atoms with E-state index in [2.05, 4.69) is 4.98 Å². The molecule has 0 spiro atoms. The molecule has 2 N–H and O–H groups in total. The maximum absolute atomic E-state index is 11.2. The van der Waals surface area contributed by atoms with Crippen LogP contribution < -0.4 is 11.4 Å². The molecule has 69 valence electrons. The van der Waals surface area contributed by atoms with Crippen molar-refractivity contribution in [1.82, 2.24) is 9.55 Å². The largest absolute Gasteiger partial charge is 0.383 e. The Balaban J connectivity index is 2.34. The summed E-state index contributed by atoms with van der Waals surface area (Å²) in [6.07, 6.45) is 1.10. The topological polar surface area (TPSA) is 79.4 Å². The van der Waals surface area contributed by atoms with Gasteiger partial charge in [-0.05, 0) is 6.07 Å². The molecule has 1 aromatic heterocycles. The average Bonchev–Trinajstić information content (AvgIpc) is 2.56. The molecule has 6 nitrogen and oxygen atoms in total. The van der Waals surface area contributed by atoms with Crippen molar-refractivity contribution in [2.45, 2.75) is 6.23 Å². The van der Waals surface area contributed by atoms with Gasteiger partial charge in [0.05, 0.1) is 6.61 Å². The zero-order chi connectivity index (χ0) is 9.26. The molecule has 1 atom stereocenters. The first-order chi connectivity index (χ1) is 6.27. The van der Waals surface area contributed by atoms with Gasteiger partial charge in [-0.15, -0.1) is 0 Å². The standard InChI is InChI=1S/C7H8N3O3/c8-5-1-2-10(7(11)9-5)6-3-12-4-13-6/h1-2,4,6H,3H2,(H2,8,9,11). The van der Waals surface area contributed by atoms with Gasteiger partial charge in [-0.2, -0.15) is 4.98 Å². The van der Waals surface area contributed by atoms with Gasteiger partial charge in [-0.3, -0.25) is 4.57 Å². The number of anilines is 1. The predicted octanol–water partition coefficient (Wildman–Crippen LogP) is -0.510. The van der Waals surface area contributed by atoms with Crippen molar-refractivity contribution in [2.75, 3.05) is 12.3 Å². The Morgan fingerprint density at radius 3 is 3.15 bits per heavy atom. The van der Waals surface area contributed by atoms with Gasteiger partial charge in [-0.1, -0.05) is 0 Å². The lowest BCUT2D eigenvalue weighted by Gasteiger charge is -2.09. The number of nitrogens with two attached hydrogens (primary N) is 1. The third-order valence-electron chi connectivity index (χ3n) is 1.68. The highest BCUT2D eigenvalue weighted by Crippen LogP contribution is 2.15. The first-order valence-corrected chi connectivity index (χ1v) is 3.71. The lowest BCUT2D eigenvalue weighted by Crippen LogP contribution is -2.27. The number of hydrogen-bond acceptors (Lipinski definition) is 5. The number of nitrogen functional groups attached to an aromatic ring is 1. The summed E-state index contributed by atoms with van der Waals surface area (Å²) in [6.45, 7) is 1.51. The van der Waals surface area contributed by atoms with Crippen LogP contribution in [0.3, 0.4) is 0 Å². The van der Waals surface area contributed by atoms with Crippen LogP contribution in [0.2, 0.25) is 0 Å². The van der Waals surface area contributed by atoms with Crippen LogP contribution in [0.15, 0.2) is 17.1 Å². The highest BCUT2D eigenvalue weighted by atomic mass is 16.7. The van der Waals surface area contributed by atoms with E-state index < -0.39 is 11.9 Å². The highest BCUT2D eigenvalue weighted by Gasteiger charge is 2.19. The fraction of sp³-hybridized carbons (Fsp3) is 0.286. The van der Waals surface area contributed by atoms with E-state index in [4.69, 9.17) is 15.2 Å². The quantitative estimate of drug-likeness (QED) is 0.632. The minimum Gasteiger partial charge on any atom is -0.383 e. The number of nitrogens with zero attached hydrogens (tertiary/aromatic N) is 2. The van der Waals surface area contributed by atoms with Crippen LogP contribution in [0.4, 0.5) is 5.82 Å². The maximum atomic E-state index is 11.2. The van der Waals surface area contributed by atoms with Crippen molar-refractivity contribution < 1.29 is 9.47 Å². The maximum Gasteiger partial charge on any atom is 0.351 e. The number of hydrogen-bond donors (Lipinski definition) is 1. The van der Waals surface area contributed by atoms with Crippen LogP contribution in [-0.4, -0.2) is 16.2 Å². The first-order valence-electron chi connectivity index (χ1n) is 3.71. The zero-order valence-corrected chi connectivity index (χ0v) is 6.71. The van der Waals surface area contributed by atoms with E-state index in [-0.39, 0.29) is 5.82 Å². The molecule has 0 aromatic carbocycles. The van der Waals surface area contributed by atoms with E-state index in [1.54, 1.807) is 0 Å². The van der Waals surface area contributed by atoms with Gasteiger partial charge < -0.3 is 15.2 Å². The third-order valence-corrected chi connectivity index (χ3v) is 1.68. The minimum absolute atomic E-state index is 0.198. The molecular formula is C7H8N3O3. The summed E-state index contributed by atoms with van der Waals surface area (Å²) in [5, 5.41) is 0. The molecular weight excluding hydrogens is 174 g/mol. The lowest BCUT2D eigenvalue weighted by atomic mass is 10.5. The summed E-state index contributed by atoms with van der Waals surface area (Å²) in [4.78, 5) is 14.8. The van der Waals surface area contributed by atoms with Gasteiger partial charge in [-0.25, -0.2) is 4.79 Å². The normalized spacial score (nSPS) is 22.0. The summed E-state index contributed by atoms with van der Waals surface area (Å²) in [7, 11) is 0. The van der Waals surface area contributed by atoms with Crippen molar-refractivity contribution in [1.29, 1.82) is 0 Å². The Morgan fingerprint density at radius 2 is 2.54 bits per heavy atom. The van der Waals surface area contributed by atoms with Crippen LogP contribution in [-0.2, 0) is 9.47 Å². The van der Waals surface area contributed by atoms with Gasteiger partial charge in [0.2, 0.25) is 6.79 Å². The van der Waals surface area contributed by atoms with E-state index in [9.17, 15) is 4.79 Å². The van der Waals surface area contributed by atoms with E-state index in [0.29, 0.717) is 6.61 Å². The third kappa shape index (κ3) is 1.53. The molecule has 2 heterocycles. The molecule has 0 aliphatic carbocycles. The summed E-state index contributed by atoms with van der Waals surface area (Å²) in [6, 6.07) is 1.53. The zero-order valence-electron chi connectivity index (χ0n) is 6.71. The molecule has 0 saturated carbocycles.